The number of aryl methyl sites for hydroxylation is 2. The molecule has 2 N–H and O–H groups in total. The summed E-state index contributed by atoms with van der Waals surface area (Å²) in [5, 5.41) is 5.58. The average Bonchev–Trinajstić information content (AvgIpc) is 2.84. The van der Waals surface area contributed by atoms with Crippen LogP contribution in [-0.2, 0) is 13.6 Å². The summed E-state index contributed by atoms with van der Waals surface area (Å²) in [6.45, 7) is 2.82. The van der Waals surface area contributed by atoms with Crippen LogP contribution < -0.4 is 5.73 Å². The van der Waals surface area contributed by atoms with E-state index in [1.807, 2.05) is 30.8 Å². The number of nitrogen functional groups attached to an aromatic ring is 1. The Bertz CT molecular complexity index is 706. The molecule has 0 fully saturated rings. The minimum absolute atomic E-state index is 0.795. The van der Waals surface area contributed by atoms with Crippen LogP contribution in [0.5, 0.6) is 0 Å². The molecule has 2 aromatic heterocycles. The molecule has 0 bridgehead atoms. The molecule has 0 atom stereocenters. The lowest BCUT2D eigenvalue weighted by molar-refractivity contribution is 0.673. The molecule has 0 saturated carbocycles. The second kappa shape index (κ2) is 3.91. The summed E-state index contributed by atoms with van der Waals surface area (Å²) >= 11 is 0. The van der Waals surface area contributed by atoms with E-state index in [1.54, 1.807) is 0 Å². The number of hydrogen-bond donors (Lipinski definition) is 1. The second-order valence-electron chi connectivity index (χ2n) is 4.66. The van der Waals surface area contributed by atoms with E-state index in [1.165, 1.54) is 11.1 Å². The first-order valence-electron chi connectivity index (χ1n) is 5.97. The molecule has 4 heteroatoms. The molecule has 0 radical (unpaired) electrons. The van der Waals surface area contributed by atoms with Gasteiger partial charge in [0.2, 0.25) is 0 Å². The highest BCUT2D eigenvalue weighted by Crippen LogP contribution is 2.20. The van der Waals surface area contributed by atoms with Gasteiger partial charge in [-0.3, -0.25) is 4.68 Å². The van der Waals surface area contributed by atoms with Crippen molar-refractivity contribution in [2.24, 2.45) is 7.05 Å². The number of hydrogen-bond acceptors (Lipinski definition) is 2. The van der Waals surface area contributed by atoms with Crippen LogP contribution in [-0.4, -0.2) is 14.3 Å². The van der Waals surface area contributed by atoms with Gasteiger partial charge in [0.05, 0.1) is 23.4 Å². The Labute approximate surface area is 106 Å². The molecule has 0 aliphatic carbocycles. The summed E-state index contributed by atoms with van der Waals surface area (Å²) in [5.41, 5.74) is 10.0. The summed E-state index contributed by atoms with van der Waals surface area (Å²) in [5.74, 6) is 0. The molecule has 92 valence electrons. The van der Waals surface area contributed by atoms with Gasteiger partial charge in [-0.15, -0.1) is 0 Å². The van der Waals surface area contributed by atoms with E-state index in [0.29, 0.717) is 0 Å². The van der Waals surface area contributed by atoms with Crippen LogP contribution >= 0.6 is 0 Å². The van der Waals surface area contributed by atoms with Crippen molar-refractivity contribution in [3.8, 4) is 0 Å². The minimum atomic E-state index is 0.795. The fourth-order valence-corrected chi connectivity index (χ4v) is 2.33. The van der Waals surface area contributed by atoms with Crippen molar-refractivity contribution in [3.05, 3.63) is 47.9 Å². The number of rotatable bonds is 2. The molecule has 0 amide bonds. The van der Waals surface area contributed by atoms with Crippen molar-refractivity contribution in [2.45, 2.75) is 13.5 Å². The van der Waals surface area contributed by atoms with E-state index < -0.39 is 0 Å². The first-order chi connectivity index (χ1) is 8.63. The van der Waals surface area contributed by atoms with Crippen LogP contribution in [0.1, 0.15) is 11.4 Å². The van der Waals surface area contributed by atoms with E-state index in [0.717, 1.165) is 23.4 Å². The summed E-state index contributed by atoms with van der Waals surface area (Å²) in [7, 11) is 1.97. The lowest BCUT2D eigenvalue weighted by atomic mass is 10.2. The number of aromatic nitrogens is 3. The van der Waals surface area contributed by atoms with Crippen molar-refractivity contribution in [1.29, 1.82) is 0 Å². The van der Waals surface area contributed by atoms with Crippen molar-refractivity contribution < 1.29 is 0 Å². The molecule has 0 aliphatic heterocycles. The van der Waals surface area contributed by atoms with Gasteiger partial charge in [0.1, 0.15) is 0 Å². The minimum Gasteiger partial charge on any atom is -0.399 e. The predicted octanol–water partition coefficient (Wildman–Crippen LogP) is 2.31. The Morgan fingerprint density at radius 3 is 2.78 bits per heavy atom. The summed E-state index contributed by atoms with van der Waals surface area (Å²) in [4.78, 5) is 0. The van der Waals surface area contributed by atoms with Gasteiger partial charge in [-0.25, -0.2) is 0 Å². The maximum absolute atomic E-state index is 5.85. The molecule has 0 unspecified atom stereocenters. The number of nitrogens with two attached hydrogens (primary N) is 1. The largest absolute Gasteiger partial charge is 0.399 e. The molecule has 0 saturated heterocycles. The summed E-state index contributed by atoms with van der Waals surface area (Å²) in [6, 6.07) is 10.2. The predicted molar refractivity (Wildman–Crippen MR) is 73.4 cm³/mol. The maximum Gasteiger partial charge on any atom is 0.0645 e. The highest BCUT2D eigenvalue weighted by molar-refractivity contribution is 5.83. The van der Waals surface area contributed by atoms with Gasteiger partial charge in [-0.2, -0.15) is 5.10 Å². The quantitative estimate of drug-likeness (QED) is 0.699. The lowest BCUT2D eigenvalue weighted by Gasteiger charge is -2.06. The smallest absolute Gasteiger partial charge is 0.0645 e. The molecule has 3 aromatic rings. The zero-order chi connectivity index (χ0) is 12.7. The Morgan fingerprint density at radius 1 is 1.22 bits per heavy atom. The van der Waals surface area contributed by atoms with Crippen molar-refractivity contribution >= 4 is 16.6 Å². The van der Waals surface area contributed by atoms with Crippen LogP contribution in [0.25, 0.3) is 10.9 Å². The third-order valence-corrected chi connectivity index (χ3v) is 3.23. The Balaban J connectivity index is 2.05. The van der Waals surface area contributed by atoms with Gasteiger partial charge in [0, 0.05) is 18.9 Å². The van der Waals surface area contributed by atoms with Crippen molar-refractivity contribution in [3.63, 3.8) is 0 Å². The number of benzene rings is 1. The average molecular weight is 240 g/mol. The molecule has 1 aromatic carbocycles. The first kappa shape index (κ1) is 10.9. The van der Waals surface area contributed by atoms with Crippen LogP contribution in [0, 0.1) is 6.92 Å². The molecular weight excluding hydrogens is 224 g/mol. The van der Waals surface area contributed by atoms with E-state index in [9.17, 15) is 0 Å². The van der Waals surface area contributed by atoms with Crippen LogP contribution in [0.3, 0.4) is 0 Å². The molecule has 18 heavy (non-hydrogen) atoms. The highest BCUT2D eigenvalue weighted by atomic mass is 15.3. The van der Waals surface area contributed by atoms with E-state index >= 15 is 0 Å². The molecule has 4 nitrogen and oxygen atoms in total. The fraction of sp³-hybridized carbons (Fsp3) is 0.214. The zero-order valence-corrected chi connectivity index (χ0v) is 10.6. The van der Waals surface area contributed by atoms with Crippen LogP contribution in [0.2, 0.25) is 0 Å². The van der Waals surface area contributed by atoms with Crippen LogP contribution in [0.15, 0.2) is 36.5 Å². The molecule has 0 aliphatic rings. The Morgan fingerprint density at radius 2 is 2.06 bits per heavy atom. The third kappa shape index (κ3) is 1.76. The second-order valence-corrected chi connectivity index (χ2v) is 4.66. The van der Waals surface area contributed by atoms with Gasteiger partial charge < -0.3 is 10.3 Å². The Hall–Kier alpha value is -2.23. The standard InChI is InChI=1S/C14H16N4/c1-10-7-13(17(2)16-10)9-18-6-5-11-3-4-12(15)8-14(11)18/h3-8H,9,15H2,1-2H3. The van der Waals surface area contributed by atoms with Crippen molar-refractivity contribution in [1.82, 2.24) is 14.3 Å². The summed E-state index contributed by atoms with van der Waals surface area (Å²) < 4.78 is 4.12. The Kier molecular flexibility index (Phi) is 2.37. The molecular formula is C14H16N4. The van der Waals surface area contributed by atoms with Gasteiger partial charge >= 0.3 is 0 Å². The maximum atomic E-state index is 5.85. The SMILES string of the molecule is Cc1cc(Cn2ccc3ccc(N)cc32)n(C)n1. The van der Waals surface area contributed by atoms with Gasteiger partial charge in [-0.1, -0.05) is 6.07 Å². The zero-order valence-electron chi connectivity index (χ0n) is 10.6. The van der Waals surface area contributed by atoms with E-state index in [4.69, 9.17) is 5.73 Å². The molecule has 2 heterocycles. The van der Waals surface area contributed by atoms with Gasteiger partial charge in [-0.05, 0) is 36.6 Å². The van der Waals surface area contributed by atoms with Crippen LogP contribution in [0.4, 0.5) is 5.69 Å². The highest BCUT2D eigenvalue weighted by Gasteiger charge is 2.06. The van der Waals surface area contributed by atoms with Gasteiger partial charge in [0.15, 0.2) is 0 Å². The fourth-order valence-electron chi connectivity index (χ4n) is 2.33. The third-order valence-electron chi connectivity index (χ3n) is 3.23. The normalized spacial score (nSPS) is 11.2. The summed E-state index contributed by atoms with van der Waals surface area (Å²) in [6.07, 6.45) is 2.09. The topological polar surface area (TPSA) is 48.8 Å². The van der Waals surface area contributed by atoms with Crippen molar-refractivity contribution in [2.75, 3.05) is 5.73 Å². The number of fused-ring (bicyclic) bond motifs is 1. The molecule has 0 spiro atoms. The lowest BCUT2D eigenvalue weighted by Crippen LogP contribution is -2.04. The molecule has 3 rings (SSSR count). The number of nitrogens with zero attached hydrogens (tertiary/aromatic N) is 3. The van der Waals surface area contributed by atoms with E-state index in [-0.39, 0.29) is 0 Å². The van der Waals surface area contributed by atoms with E-state index in [2.05, 4.69) is 34.1 Å². The monoisotopic (exact) mass is 240 g/mol. The first-order valence-corrected chi connectivity index (χ1v) is 5.97. The number of anilines is 1. The van der Waals surface area contributed by atoms with Gasteiger partial charge in [0.25, 0.3) is 0 Å².